The lowest BCUT2D eigenvalue weighted by Gasteiger charge is -1.96. The molecule has 0 rings (SSSR count). The minimum atomic E-state index is -4.80. The molecule has 0 amide bonds. The molecule has 0 aliphatic heterocycles. The molecule has 0 fully saturated rings. The molecule has 0 aromatic heterocycles. The SMILES string of the molecule is N=NOC(F)(F)F. The molecule has 0 heterocycles. The van der Waals surface area contributed by atoms with Crippen LogP contribution in [0.5, 0.6) is 0 Å². The smallest absolute Gasteiger partial charge is 0.276 e. The van der Waals surface area contributed by atoms with Crippen molar-refractivity contribution in [1.82, 2.24) is 0 Å². The Kier molecular flexibility index (Phi) is 1.56. The molecule has 0 spiro atoms. The van der Waals surface area contributed by atoms with Gasteiger partial charge in [0.25, 0.3) is 0 Å². The second-order valence-corrected chi connectivity index (χ2v) is 0.628. The molecular weight excluding hydrogens is 113 g/mol. The van der Waals surface area contributed by atoms with Crippen molar-refractivity contribution in [3.05, 3.63) is 0 Å². The van der Waals surface area contributed by atoms with E-state index in [-0.39, 0.29) is 0 Å². The zero-order valence-electron chi connectivity index (χ0n) is 2.99. The highest BCUT2D eigenvalue weighted by atomic mass is 19.4. The van der Waals surface area contributed by atoms with E-state index in [0.717, 1.165) is 0 Å². The summed E-state index contributed by atoms with van der Waals surface area (Å²) in [5.41, 5.74) is 5.54. The van der Waals surface area contributed by atoms with Crippen molar-refractivity contribution < 1.29 is 18.0 Å². The van der Waals surface area contributed by atoms with Crippen LogP contribution in [0.2, 0.25) is 0 Å². The lowest BCUT2D eigenvalue weighted by atomic mass is 11.4. The molecular formula is CHF3N2O. The van der Waals surface area contributed by atoms with Gasteiger partial charge in [-0.25, -0.2) is 0 Å². The Hall–Kier alpha value is -0.810. The van der Waals surface area contributed by atoms with Crippen LogP contribution in [-0.4, -0.2) is 6.36 Å². The molecule has 0 bridgehead atoms. The van der Waals surface area contributed by atoms with Gasteiger partial charge in [-0.05, 0) is 0 Å². The van der Waals surface area contributed by atoms with E-state index in [1.165, 1.54) is 0 Å². The average Bonchev–Trinajstić information content (AvgIpc) is 1.30. The van der Waals surface area contributed by atoms with E-state index in [0.29, 0.717) is 0 Å². The fraction of sp³-hybridized carbons (Fsp3) is 1.00. The summed E-state index contributed by atoms with van der Waals surface area (Å²) in [6.07, 6.45) is -4.80. The van der Waals surface area contributed by atoms with Gasteiger partial charge in [0, 0.05) is 5.28 Å². The third-order valence-electron chi connectivity index (χ3n) is 0.149. The first-order valence-electron chi connectivity index (χ1n) is 1.18. The lowest BCUT2D eigenvalue weighted by molar-refractivity contribution is -0.330. The van der Waals surface area contributed by atoms with Crippen LogP contribution in [-0.2, 0) is 4.84 Å². The molecule has 7 heavy (non-hydrogen) atoms. The van der Waals surface area contributed by atoms with Gasteiger partial charge in [0.05, 0.1) is 0 Å². The standard InChI is InChI=1S/CHF3N2O/c2-1(3,4)7-6-5/h5H. The number of halogens is 3. The molecule has 42 valence electrons. The Morgan fingerprint density at radius 3 is 1.86 bits per heavy atom. The van der Waals surface area contributed by atoms with E-state index in [9.17, 15) is 13.2 Å². The molecule has 0 aromatic rings. The van der Waals surface area contributed by atoms with Crippen molar-refractivity contribution in [2.75, 3.05) is 0 Å². The highest BCUT2D eigenvalue weighted by Crippen LogP contribution is 2.15. The largest absolute Gasteiger partial charge is 0.594 e. The van der Waals surface area contributed by atoms with Crippen LogP contribution in [0.25, 0.3) is 0 Å². The topological polar surface area (TPSA) is 45.4 Å². The van der Waals surface area contributed by atoms with Gasteiger partial charge >= 0.3 is 6.36 Å². The number of hydrogen-bond acceptors (Lipinski definition) is 3. The van der Waals surface area contributed by atoms with Crippen LogP contribution < -0.4 is 0 Å². The van der Waals surface area contributed by atoms with Gasteiger partial charge in [0.15, 0.2) is 0 Å². The first kappa shape index (κ1) is 6.19. The Labute approximate surface area is 36.5 Å². The maximum absolute atomic E-state index is 10.6. The van der Waals surface area contributed by atoms with Crippen LogP contribution in [0.3, 0.4) is 0 Å². The number of nitrogens with one attached hydrogen (secondary N) is 1. The summed E-state index contributed by atoms with van der Waals surface area (Å²) < 4.78 is 31.9. The second-order valence-electron chi connectivity index (χ2n) is 0.628. The highest BCUT2D eigenvalue weighted by Gasteiger charge is 2.31. The highest BCUT2D eigenvalue weighted by molar-refractivity contribution is 4.14. The van der Waals surface area contributed by atoms with Gasteiger partial charge < -0.3 is 0 Å². The maximum Gasteiger partial charge on any atom is 0.594 e. The molecule has 6 heteroatoms. The van der Waals surface area contributed by atoms with Crippen molar-refractivity contribution in [2.24, 2.45) is 5.28 Å². The van der Waals surface area contributed by atoms with Gasteiger partial charge in [-0.3, -0.25) is 4.84 Å². The third kappa shape index (κ3) is 5.19. The molecule has 0 saturated carbocycles. The Morgan fingerprint density at radius 1 is 1.43 bits per heavy atom. The fourth-order valence-corrected chi connectivity index (χ4v) is 0.0518. The Bertz CT molecular complexity index is 67.8. The lowest BCUT2D eigenvalue weighted by Crippen LogP contribution is -2.07. The summed E-state index contributed by atoms with van der Waals surface area (Å²) in [4.78, 5) is 2.52. The van der Waals surface area contributed by atoms with Crippen LogP contribution in [0.1, 0.15) is 0 Å². The molecule has 0 radical (unpaired) electrons. The predicted octanol–water partition coefficient (Wildman–Crippen LogP) is 1.47. The van der Waals surface area contributed by atoms with Gasteiger partial charge in [-0.1, -0.05) is 0 Å². The van der Waals surface area contributed by atoms with Crippen LogP contribution in [0, 0.1) is 5.53 Å². The summed E-state index contributed by atoms with van der Waals surface area (Å²) in [5, 5.41) is 1.63. The Morgan fingerprint density at radius 2 is 1.86 bits per heavy atom. The van der Waals surface area contributed by atoms with Gasteiger partial charge in [-0.2, -0.15) is 5.53 Å². The zero-order chi connectivity index (χ0) is 5.91. The van der Waals surface area contributed by atoms with Crippen LogP contribution in [0.4, 0.5) is 13.2 Å². The molecule has 0 aromatic carbocycles. The molecule has 0 atom stereocenters. The quantitative estimate of drug-likeness (QED) is 0.407. The minimum Gasteiger partial charge on any atom is -0.276 e. The summed E-state index contributed by atoms with van der Waals surface area (Å²) in [6, 6.07) is 0. The van der Waals surface area contributed by atoms with Gasteiger partial charge in [-0.15, -0.1) is 13.2 Å². The normalized spacial score (nSPS) is 10.7. The second kappa shape index (κ2) is 1.76. The van der Waals surface area contributed by atoms with Crippen molar-refractivity contribution in [3.8, 4) is 0 Å². The fourth-order valence-electron chi connectivity index (χ4n) is 0.0518. The number of nitrogens with zero attached hydrogens (tertiary/aromatic N) is 1. The van der Waals surface area contributed by atoms with E-state index in [1.807, 2.05) is 0 Å². The minimum absolute atomic E-state index is 1.63. The number of alkyl halides is 3. The summed E-state index contributed by atoms with van der Waals surface area (Å²) >= 11 is 0. The average molecular weight is 114 g/mol. The van der Waals surface area contributed by atoms with Crippen molar-refractivity contribution in [3.63, 3.8) is 0 Å². The molecule has 0 aliphatic rings. The van der Waals surface area contributed by atoms with Crippen molar-refractivity contribution >= 4 is 0 Å². The molecule has 1 N–H and O–H groups in total. The molecule has 3 nitrogen and oxygen atoms in total. The number of hydrogen-bond donors (Lipinski definition) is 1. The third-order valence-corrected chi connectivity index (χ3v) is 0.149. The van der Waals surface area contributed by atoms with Gasteiger partial charge in [0.1, 0.15) is 0 Å². The Balaban J connectivity index is 3.34. The molecule has 0 aliphatic carbocycles. The molecule has 0 saturated heterocycles. The zero-order valence-corrected chi connectivity index (χ0v) is 2.99. The van der Waals surface area contributed by atoms with E-state index in [4.69, 9.17) is 5.53 Å². The van der Waals surface area contributed by atoms with Gasteiger partial charge in [0.2, 0.25) is 0 Å². The van der Waals surface area contributed by atoms with Crippen molar-refractivity contribution in [2.45, 2.75) is 6.36 Å². The first-order chi connectivity index (χ1) is 3.06. The van der Waals surface area contributed by atoms with E-state index in [2.05, 4.69) is 4.84 Å². The maximum atomic E-state index is 10.6. The van der Waals surface area contributed by atoms with Crippen molar-refractivity contribution in [1.29, 1.82) is 5.53 Å². The van der Waals surface area contributed by atoms with Crippen LogP contribution >= 0.6 is 0 Å². The number of rotatable bonds is 1. The van der Waals surface area contributed by atoms with E-state index < -0.39 is 6.36 Å². The first-order valence-corrected chi connectivity index (χ1v) is 1.18. The van der Waals surface area contributed by atoms with E-state index in [1.54, 1.807) is 5.28 Å². The molecule has 0 unspecified atom stereocenters. The summed E-state index contributed by atoms with van der Waals surface area (Å²) in [5.74, 6) is 0. The monoisotopic (exact) mass is 114 g/mol. The predicted molar refractivity (Wildman–Crippen MR) is 12.3 cm³/mol. The van der Waals surface area contributed by atoms with Crippen LogP contribution in [0.15, 0.2) is 5.28 Å². The summed E-state index contributed by atoms with van der Waals surface area (Å²) in [6.45, 7) is 0. The summed E-state index contributed by atoms with van der Waals surface area (Å²) in [7, 11) is 0. The van der Waals surface area contributed by atoms with E-state index >= 15 is 0 Å².